The Morgan fingerprint density at radius 1 is 1.24 bits per heavy atom. The molecule has 2 N–H and O–H groups in total. The van der Waals surface area contributed by atoms with Crippen molar-refractivity contribution in [3.05, 3.63) is 4.77 Å². The van der Waals surface area contributed by atoms with Gasteiger partial charge >= 0.3 is 0 Å². The number of anilines is 2. The van der Waals surface area contributed by atoms with E-state index >= 15 is 0 Å². The minimum atomic E-state index is 0.379. The first-order valence-corrected chi connectivity index (χ1v) is 6.59. The molecule has 0 spiro atoms. The van der Waals surface area contributed by atoms with Crippen molar-refractivity contribution in [3.8, 4) is 0 Å². The molecular formula is C11H21N5S. The van der Waals surface area contributed by atoms with Gasteiger partial charge in [0.05, 0.1) is 0 Å². The van der Waals surface area contributed by atoms with Gasteiger partial charge in [-0.3, -0.25) is 4.98 Å². The van der Waals surface area contributed by atoms with Crippen LogP contribution in [0.3, 0.4) is 0 Å². The first-order valence-electron chi connectivity index (χ1n) is 6.18. The first-order chi connectivity index (χ1) is 8.21. The summed E-state index contributed by atoms with van der Waals surface area (Å²) < 4.78 is 0.379. The summed E-state index contributed by atoms with van der Waals surface area (Å²) >= 11 is 5.07. The van der Waals surface area contributed by atoms with E-state index in [1.54, 1.807) is 0 Å². The Kier molecular flexibility index (Phi) is 5.90. The van der Waals surface area contributed by atoms with Crippen LogP contribution in [-0.4, -0.2) is 34.6 Å². The van der Waals surface area contributed by atoms with Crippen molar-refractivity contribution < 1.29 is 0 Å². The predicted molar refractivity (Wildman–Crippen MR) is 74.2 cm³/mol. The number of nitrogens with one attached hydrogen (secondary N) is 2. The zero-order chi connectivity index (χ0) is 12.7. The molecule has 0 aromatic carbocycles. The highest BCUT2D eigenvalue weighted by Gasteiger charge is 2.05. The van der Waals surface area contributed by atoms with E-state index in [4.69, 9.17) is 12.2 Å². The van der Waals surface area contributed by atoms with E-state index in [0.717, 1.165) is 38.4 Å². The van der Waals surface area contributed by atoms with Gasteiger partial charge in [0.1, 0.15) is 0 Å². The molecule has 0 saturated carbocycles. The third-order valence-corrected chi connectivity index (χ3v) is 2.71. The molecule has 1 aromatic rings. The Bertz CT molecular complexity index is 386. The summed E-state index contributed by atoms with van der Waals surface area (Å²) in [6, 6.07) is 0. The molecule has 1 heterocycles. The molecule has 0 unspecified atom stereocenters. The zero-order valence-electron chi connectivity index (χ0n) is 10.8. The third-order valence-electron chi connectivity index (χ3n) is 2.52. The average molecular weight is 255 g/mol. The van der Waals surface area contributed by atoms with Crippen molar-refractivity contribution >= 4 is 24.1 Å². The molecule has 1 aromatic heterocycles. The fraction of sp³-hybridized carbons (Fsp3) is 0.727. The number of nitrogens with zero attached hydrogens (tertiary/aromatic N) is 3. The standard InChI is InChI=1S/C11H21N5S/c1-4-7-8-12-9-13-10(15-11(17)14-9)16(5-2)6-3/h4-8H2,1-3H3,(H2,12,13,14,15,17). The number of aromatic amines is 1. The highest BCUT2D eigenvalue weighted by Crippen LogP contribution is 2.08. The van der Waals surface area contributed by atoms with Crippen LogP contribution in [0.1, 0.15) is 33.6 Å². The minimum absolute atomic E-state index is 0.379. The molecule has 0 radical (unpaired) electrons. The third kappa shape index (κ3) is 4.30. The molecule has 5 nitrogen and oxygen atoms in total. The maximum atomic E-state index is 5.07. The first kappa shape index (κ1) is 13.9. The zero-order valence-corrected chi connectivity index (χ0v) is 11.6. The molecule has 0 amide bonds. The van der Waals surface area contributed by atoms with Crippen molar-refractivity contribution in [2.75, 3.05) is 29.9 Å². The van der Waals surface area contributed by atoms with Gasteiger partial charge in [-0.15, -0.1) is 0 Å². The van der Waals surface area contributed by atoms with E-state index in [0.29, 0.717) is 10.7 Å². The fourth-order valence-corrected chi connectivity index (χ4v) is 1.69. The molecule has 0 aliphatic carbocycles. The summed E-state index contributed by atoms with van der Waals surface area (Å²) in [5.41, 5.74) is 0. The number of H-pyrrole nitrogens is 1. The van der Waals surface area contributed by atoms with Gasteiger partial charge in [0.15, 0.2) is 0 Å². The lowest BCUT2D eigenvalue weighted by atomic mass is 10.3. The Labute approximate surface area is 108 Å². The molecule has 1 rings (SSSR count). The summed E-state index contributed by atoms with van der Waals surface area (Å²) in [5, 5.41) is 3.23. The second kappa shape index (κ2) is 7.21. The molecule has 17 heavy (non-hydrogen) atoms. The number of hydrogen-bond acceptors (Lipinski definition) is 5. The highest BCUT2D eigenvalue weighted by atomic mass is 32.1. The Morgan fingerprint density at radius 2 is 1.94 bits per heavy atom. The van der Waals surface area contributed by atoms with Gasteiger partial charge in [0, 0.05) is 19.6 Å². The van der Waals surface area contributed by atoms with Gasteiger partial charge in [0.25, 0.3) is 0 Å². The van der Waals surface area contributed by atoms with Gasteiger partial charge in [-0.05, 0) is 32.5 Å². The summed E-state index contributed by atoms with van der Waals surface area (Å²) in [5.74, 6) is 1.49. The molecule has 0 fully saturated rings. The van der Waals surface area contributed by atoms with Gasteiger partial charge < -0.3 is 10.2 Å². The Balaban J connectivity index is 2.82. The van der Waals surface area contributed by atoms with Crippen molar-refractivity contribution in [1.29, 1.82) is 0 Å². The molecule has 0 bridgehead atoms. The minimum Gasteiger partial charge on any atom is -0.356 e. The van der Waals surface area contributed by atoms with Crippen molar-refractivity contribution in [2.24, 2.45) is 0 Å². The highest BCUT2D eigenvalue weighted by molar-refractivity contribution is 7.71. The second-order valence-electron chi connectivity index (χ2n) is 3.76. The molecule has 0 aliphatic rings. The van der Waals surface area contributed by atoms with Crippen LogP contribution in [0.25, 0.3) is 0 Å². The molecule has 0 aliphatic heterocycles. The quantitative estimate of drug-likeness (QED) is 0.579. The van der Waals surface area contributed by atoms with E-state index in [1.165, 1.54) is 0 Å². The molecular weight excluding hydrogens is 234 g/mol. The van der Waals surface area contributed by atoms with E-state index in [1.807, 2.05) is 0 Å². The fourth-order valence-electron chi connectivity index (χ4n) is 1.51. The lowest BCUT2D eigenvalue weighted by molar-refractivity contribution is 0.796. The van der Waals surface area contributed by atoms with Gasteiger partial charge in [-0.1, -0.05) is 13.3 Å². The van der Waals surface area contributed by atoms with Gasteiger partial charge in [0.2, 0.25) is 16.7 Å². The van der Waals surface area contributed by atoms with E-state index in [-0.39, 0.29) is 0 Å². The number of unbranched alkanes of at least 4 members (excludes halogenated alkanes) is 1. The maximum Gasteiger partial charge on any atom is 0.225 e. The molecule has 6 heteroatoms. The monoisotopic (exact) mass is 255 g/mol. The van der Waals surface area contributed by atoms with Crippen LogP contribution >= 0.6 is 12.2 Å². The van der Waals surface area contributed by atoms with Crippen molar-refractivity contribution in [1.82, 2.24) is 15.0 Å². The largest absolute Gasteiger partial charge is 0.356 e. The molecule has 0 saturated heterocycles. The van der Waals surface area contributed by atoms with Crippen LogP contribution in [0.15, 0.2) is 0 Å². The SMILES string of the molecule is CCCCNc1nc(=S)nc(N(CC)CC)[nH]1. The molecule has 0 atom stereocenters. The van der Waals surface area contributed by atoms with E-state index < -0.39 is 0 Å². The lowest BCUT2D eigenvalue weighted by Gasteiger charge is -2.19. The normalized spacial score (nSPS) is 10.3. The summed E-state index contributed by atoms with van der Waals surface area (Å²) in [7, 11) is 0. The second-order valence-corrected chi connectivity index (χ2v) is 4.12. The number of rotatable bonds is 7. The average Bonchev–Trinajstić information content (AvgIpc) is 2.30. The van der Waals surface area contributed by atoms with Crippen molar-refractivity contribution in [2.45, 2.75) is 33.6 Å². The van der Waals surface area contributed by atoms with Crippen LogP contribution < -0.4 is 10.2 Å². The van der Waals surface area contributed by atoms with Crippen LogP contribution in [0, 0.1) is 4.77 Å². The summed E-state index contributed by atoms with van der Waals surface area (Å²) in [4.78, 5) is 13.7. The lowest BCUT2D eigenvalue weighted by Crippen LogP contribution is -2.25. The van der Waals surface area contributed by atoms with Crippen molar-refractivity contribution in [3.63, 3.8) is 0 Å². The predicted octanol–water partition coefficient (Wildman–Crippen LogP) is 2.59. The molecule has 96 valence electrons. The Hall–Kier alpha value is -1.17. The number of aromatic nitrogens is 3. The topological polar surface area (TPSA) is 56.8 Å². The smallest absolute Gasteiger partial charge is 0.225 e. The number of hydrogen-bond donors (Lipinski definition) is 2. The summed E-state index contributed by atoms with van der Waals surface area (Å²) in [6.45, 7) is 9.03. The van der Waals surface area contributed by atoms with E-state index in [2.05, 4.69) is 45.9 Å². The van der Waals surface area contributed by atoms with Gasteiger partial charge in [-0.25, -0.2) is 0 Å². The maximum absolute atomic E-state index is 5.07. The van der Waals surface area contributed by atoms with Gasteiger partial charge in [-0.2, -0.15) is 9.97 Å². The Morgan fingerprint density at radius 3 is 2.53 bits per heavy atom. The van der Waals surface area contributed by atoms with Crippen LogP contribution in [0.2, 0.25) is 0 Å². The van der Waals surface area contributed by atoms with E-state index in [9.17, 15) is 0 Å². The van der Waals surface area contributed by atoms with Crippen LogP contribution in [0.4, 0.5) is 11.9 Å². The van der Waals surface area contributed by atoms with Crippen LogP contribution in [0.5, 0.6) is 0 Å². The van der Waals surface area contributed by atoms with Crippen LogP contribution in [-0.2, 0) is 0 Å². The summed E-state index contributed by atoms with van der Waals surface area (Å²) in [6.07, 6.45) is 2.27.